The number of carboxylic acid groups (broad SMARTS) is 1. The van der Waals surface area contributed by atoms with Gasteiger partial charge in [-0.15, -0.1) is 0 Å². The molecule has 1 rings (SSSR count). The van der Waals surface area contributed by atoms with Crippen LogP contribution in [0.3, 0.4) is 0 Å². The minimum atomic E-state index is -1.07. The highest BCUT2D eigenvalue weighted by atomic mass is 35.5. The predicted octanol–water partition coefficient (Wildman–Crippen LogP) is 3.60. The molecule has 3 N–H and O–H groups in total. The van der Waals surface area contributed by atoms with E-state index in [4.69, 9.17) is 16.7 Å². The lowest BCUT2D eigenvalue weighted by Gasteiger charge is -2.14. The molecule has 1 aromatic carbocycles. The van der Waals surface area contributed by atoms with Crippen molar-refractivity contribution in [2.75, 3.05) is 11.9 Å². The fraction of sp³-hybridized carbons (Fsp3) is 0.429. The van der Waals surface area contributed by atoms with Crippen molar-refractivity contribution < 1.29 is 14.7 Å². The summed E-state index contributed by atoms with van der Waals surface area (Å²) in [4.78, 5) is 22.6. The number of amides is 2. The van der Waals surface area contributed by atoms with Crippen LogP contribution in [0.2, 0.25) is 5.02 Å². The third-order valence-corrected chi connectivity index (χ3v) is 3.50. The molecule has 0 heterocycles. The molecule has 1 aromatic rings. The molecule has 0 aliphatic rings. The number of hydrogen-bond acceptors (Lipinski definition) is 2. The Labute approximate surface area is 123 Å². The van der Waals surface area contributed by atoms with E-state index in [2.05, 4.69) is 24.5 Å². The first-order valence-corrected chi connectivity index (χ1v) is 6.93. The molecular weight excluding hydrogens is 280 g/mol. The number of urea groups is 1. The molecular formula is C14H19ClN2O3. The minimum absolute atomic E-state index is 0.0738. The quantitative estimate of drug-likeness (QED) is 0.751. The number of benzene rings is 1. The first kappa shape index (κ1) is 16.3. The Morgan fingerprint density at radius 1 is 1.30 bits per heavy atom. The van der Waals surface area contributed by atoms with Crippen molar-refractivity contribution in [2.24, 2.45) is 5.92 Å². The molecule has 6 heteroatoms. The van der Waals surface area contributed by atoms with E-state index in [-0.39, 0.29) is 17.3 Å². The third-order valence-electron chi connectivity index (χ3n) is 3.17. The van der Waals surface area contributed by atoms with E-state index in [1.165, 1.54) is 18.2 Å². The minimum Gasteiger partial charge on any atom is -0.478 e. The molecule has 0 fully saturated rings. The van der Waals surface area contributed by atoms with E-state index in [1.54, 1.807) is 0 Å². The van der Waals surface area contributed by atoms with Crippen LogP contribution in [0.4, 0.5) is 10.5 Å². The number of anilines is 1. The van der Waals surface area contributed by atoms with Gasteiger partial charge in [-0.25, -0.2) is 9.59 Å². The third kappa shape index (κ3) is 4.74. The van der Waals surface area contributed by atoms with Crippen LogP contribution < -0.4 is 10.6 Å². The Balaban J connectivity index is 2.65. The lowest BCUT2D eigenvalue weighted by Crippen LogP contribution is -2.32. The topological polar surface area (TPSA) is 78.4 Å². The molecule has 5 nitrogen and oxygen atoms in total. The molecule has 0 aliphatic carbocycles. The number of aromatic carboxylic acids is 1. The van der Waals surface area contributed by atoms with Crippen LogP contribution in [-0.4, -0.2) is 23.7 Å². The summed E-state index contributed by atoms with van der Waals surface area (Å²) in [6.45, 7) is 4.72. The zero-order valence-corrected chi connectivity index (χ0v) is 12.3. The summed E-state index contributed by atoms with van der Waals surface area (Å²) >= 11 is 5.93. The van der Waals surface area contributed by atoms with Crippen LogP contribution in [0.15, 0.2) is 18.2 Å². The molecule has 0 radical (unpaired) electrons. The molecule has 0 saturated heterocycles. The summed E-state index contributed by atoms with van der Waals surface area (Å²) in [5.74, 6) is -0.635. The standard InChI is InChI=1S/C14H19ClN2O3/c1-3-9(4-2)8-16-14(20)17-12-7-10(13(18)19)5-6-11(12)15/h5-7,9H,3-4,8H2,1-2H3,(H,18,19)(H2,16,17,20). The Hall–Kier alpha value is -1.75. The normalized spacial score (nSPS) is 10.4. The molecule has 0 bridgehead atoms. The number of nitrogens with one attached hydrogen (secondary N) is 2. The summed E-state index contributed by atoms with van der Waals surface area (Å²) < 4.78 is 0. The van der Waals surface area contributed by atoms with Gasteiger partial charge in [0, 0.05) is 6.54 Å². The predicted molar refractivity (Wildman–Crippen MR) is 79.5 cm³/mol. The maximum absolute atomic E-state index is 11.8. The molecule has 0 saturated carbocycles. The van der Waals surface area contributed by atoms with Gasteiger partial charge in [0.05, 0.1) is 16.3 Å². The van der Waals surface area contributed by atoms with Gasteiger partial charge in [0.15, 0.2) is 0 Å². The van der Waals surface area contributed by atoms with Crippen LogP contribution in [0.25, 0.3) is 0 Å². The van der Waals surface area contributed by atoms with Crippen LogP contribution in [0, 0.1) is 5.92 Å². The maximum Gasteiger partial charge on any atom is 0.335 e. The number of rotatable bonds is 6. The van der Waals surface area contributed by atoms with Crippen molar-refractivity contribution in [3.05, 3.63) is 28.8 Å². The summed E-state index contributed by atoms with van der Waals surface area (Å²) in [6, 6.07) is 3.78. The summed E-state index contributed by atoms with van der Waals surface area (Å²) in [7, 11) is 0. The van der Waals surface area contributed by atoms with Crippen molar-refractivity contribution >= 4 is 29.3 Å². The van der Waals surface area contributed by atoms with Gasteiger partial charge in [-0.2, -0.15) is 0 Å². The van der Waals surface area contributed by atoms with E-state index in [1.807, 2.05) is 0 Å². The van der Waals surface area contributed by atoms with E-state index in [0.717, 1.165) is 12.8 Å². The van der Waals surface area contributed by atoms with Crippen molar-refractivity contribution in [3.8, 4) is 0 Å². The van der Waals surface area contributed by atoms with Gasteiger partial charge >= 0.3 is 12.0 Å². The maximum atomic E-state index is 11.8. The highest BCUT2D eigenvalue weighted by Gasteiger charge is 2.11. The number of carboxylic acids is 1. The fourth-order valence-electron chi connectivity index (χ4n) is 1.73. The van der Waals surface area contributed by atoms with Gasteiger partial charge < -0.3 is 15.7 Å². The second-order valence-corrected chi connectivity index (χ2v) is 4.92. The molecule has 0 unspecified atom stereocenters. The Kier molecular flexibility index (Phi) is 6.31. The average molecular weight is 299 g/mol. The summed E-state index contributed by atoms with van der Waals surface area (Å²) in [6.07, 6.45) is 1.98. The lowest BCUT2D eigenvalue weighted by atomic mass is 10.0. The largest absolute Gasteiger partial charge is 0.478 e. The molecule has 0 aliphatic heterocycles. The van der Waals surface area contributed by atoms with Gasteiger partial charge in [0.1, 0.15) is 0 Å². The van der Waals surface area contributed by atoms with Crippen molar-refractivity contribution in [1.29, 1.82) is 0 Å². The van der Waals surface area contributed by atoms with E-state index < -0.39 is 5.97 Å². The second kappa shape index (κ2) is 7.75. The second-order valence-electron chi connectivity index (χ2n) is 4.52. The van der Waals surface area contributed by atoms with E-state index in [0.29, 0.717) is 17.5 Å². The first-order chi connectivity index (χ1) is 9.47. The molecule has 20 heavy (non-hydrogen) atoms. The lowest BCUT2D eigenvalue weighted by molar-refractivity contribution is 0.0697. The van der Waals surface area contributed by atoms with Gasteiger partial charge in [0.25, 0.3) is 0 Å². The van der Waals surface area contributed by atoms with E-state index >= 15 is 0 Å². The molecule has 0 spiro atoms. The Morgan fingerprint density at radius 2 is 1.95 bits per heavy atom. The summed E-state index contributed by atoms with van der Waals surface area (Å²) in [5.41, 5.74) is 0.360. The number of halogens is 1. The number of hydrogen-bond donors (Lipinski definition) is 3. The zero-order valence-electron chi connectivity index (χ0n) is 11.6. The van der Waals surface area contributed by atoms with Crippen molar-refractivity contribution in [2.45, 2.75) is 26.7 Å². The zero-order chi connectivity index (χ0) is 15.1. The molecule has 110 valence electrons. The molecule has 2 amide bonds. The van der Waals surface area contributed by atoms with Gasteiger partial charge in [-0.1, -0.05) is 38.3 Å². The van der Waals surface area contributed by atoms with Gasteiger partial charge in [-0.3, -0.25) is 0 Å². The Morgan fingerprint density at radius 3 is 2.50 bits per heavy atom. The SMILES string of the molecule is CCC(CC)CNC(=O)Nc1cc(C(=O)O)ccc1Cl. The highest BCUT2D eigenvalue weighted by Crippen LogP contribution is 2.23. The smallest absolute Gasteiger partial charge is 0.335 e. The van der Waals surface area contributed by atoms with Crippen molar-refractivity contribution in [1.82, 2.24) is 5.32 Å². The number of carbonyl (C=O) groups excluding carboxylic acids is 1. The highest BCUT2D eigenvalue weighted by molar-refractivity contribution is 6.33. The van der Waals surface area contributed by atoms with Crippen molar-refractivity contribution in [3.63, 3.8) is 0 Å². The monoisotopic (exact) mass is 298 g/mol. The molecule has 0 aromatic heterocycles. The molecule has 0 atom stereocenters. The Bertz CT molecular complexity index is 487. The summed E-state index contributed by atoms with van der Waals surface area (Å²) in [5, 5.41) is 14.5. The van der Waals surface area contributed by atoms with Crippen LogP contribution >= 0.6 is 11.6 Å². The first-order valence-electron chi connectivity index (χ1n) is 6.55. The van der Waals surface area contributed by atoms with Crippen LogP contribution in [0.1, 0.15) is 37.0 Å². The van der Waals surface area contributed by atoms with Crippen LogP contribution in [0.5, 0.6) is 0 Å². The van der Waals surface area contributed by atoms with E-state index in [9.17, 15) is 9.59 Å². The van der Waals surface area contributed by atoms with Crippen LogP contribution in [-0.2, 0) is 0 Å². The average Bonchev–Trinajstić information content (AvgIpc) is 2.42. The van der Waals surface area contributed by atoms with Gasteiger partial charge in [0.2, 0.25) is 0 Å². The number of carbonyl (C=O) groups is 2. The fourth-order valence-corrected chi connectivity index (χ4v) is 1.90. The van der Waals surface area contributed by atoms with Gasteiger partial charge in [-0.05, 0) is 24.1 Å².